The third-order valence-corrected chi connectivity index (χ3v) is 3.49. The summed E-state index contributed by atoms with van der Waals surface area (Å²) in [5.74, 6) is 8.01. The van der Waals surface area contributed by atoms with Crippen LogP contribution in [0.1, 0.15) is 46.0 Å². The molecule has 0 amide bonds. The zero-order valence-electron chi connectivity index (χ0n) is 13.6. The van der Waals surface area contributed by atoms with Crippen LogP contribution in [0.5, 0.6) is 0 Å². The minimum atomic E-state index is -0.140. The lowest BCUT2D eigenvalue weighted by Gasteiger charge is -2.17. The van der Waals surface area contributed by atoms with Crippen LogP contribution in [0.15, 0.2) is 24.3 Å². The number of hydrogen-bond donors (Lipinski definition) is 2. The predicted molar refractivity (Wildman–Crippen MR) is 89.5 cm³/mol. The molecule has 1 heterocycles. The summed E-state index contributed by atoms with van der Waals surface area (Å²) in [6, 6.07) is 8.42. The normalized spacial score (nSPS) is 12.1. The number of nitrogens with two attached hydrogens (primary N) is 2. The average molecular weight is 286 g/mol. The van der Waals surface area contributed by atoms with Crippen molar-refractivity contribution in [3.8, 4) is 11.3 Å². The van der Waals surface area contributed by atoms with E-state index in [0.717, 1.165) is 23.5 Å². The van der Waals surface area contributed by atoms with E-state index in [2.05, 4.69) is 63.9 Å². The molecule has 4 nitrogen and oxygen atoms in total. The van der Waals surface area contributed by atoms with Crippen LogP contribution in [-0.2, 0) is 11.8 Å². The Morgan fingerprint density at radius 3 is 2.14 bits per heavy atom. The molecule has 2 aromatic rings. The molecule has 0 spiro atoms. The number of nitrogen functional groups attached to an aromatic ring is 2. The van der Waals surface area contributed by atoms with E-state index in [1.807, 2.05) is 0 Å². The second kappa shape index (κ2) is 5.43. The van der Waals surface area contributed by atoms with Gasteiger partial charge in [0.25, 0.3) is 0 Å². The van der Waals surface area contributed by atoms with E-state index in [4.69, 9.17) is 11.6 Å². The van der Waals surface area contributed by atoms with Gasteiger partial charge >= 0.3 is 0 Å². The van der Waals surface area contributed by atoms with Crippen LogP contribution in [0.25, 0.3) is 11.3 Å². The summed E-state index contributed by atoms with van der Waals surface area (Å²) in [5.41, 5.74) is 9.09. The molecule has 4 heteroatoms. The van der Waals surface area contributed by atoms with Gasteiger partial charge in [-0.1, -0.05) is 58.9 Å². The van der Waals surface area contributed by atoms with E-state index < -0.39 is 0 Å². The third kappa shape index (κ3) is 3.20. The smallest absolute Gasteiger partial charge is 0.150 e. The van der Waals surface area contributed by atoms with Crippen LogP contribution in [-0.4, -0.2) is 9.66 Å². The Hall–Kier alpha value is -1.97. The molecular weight excluding hydrogens is 260 g/mol. The lowest BCUT2D eigenvalue weighted by molar-refractivity contribution is 0.532. The zero-order valence-corrected chi connectivity index (χ0v) is 13.6. The van der Waals surface area contributed by atoms with Crippen LogP contribution >= 0.6 is 0 Å². The second-order valence-electron chi connectivity index (χ2n) is 7.08. The topological polar surface area (TPSA) is 69.9 Å². The Morgan fingerprint density at radius 1 is 1.14 bits per heavy atom. The highest BCUT2D eigenvalue weighted by molar-refractivity contribution is 5.71. The van der Waals surface area contributed by atoms with Gasteiger partial charge < -0.3 is 11.6 Å². The van der Waals surface area contributed by atoms with Crippen molar-refractivity contribution < 1.29 is 0 Å². The van der Waals surface area contributed by atoms with Crippen molar-refractivity contribution in [2.45, 2.75) is 46.5 Å². The standard InChI is InChI=1S/C17H26N4/c1-11(2)10-12-6-8-13(9-7-12)14-15(18)21(19)16(20-14)17(3,4)5/h6-9,11H,10,18-19H2,1-5H3. The van der Waals surface area contributed by atoms with Crippen molar-refractivity contribution in [2.24, 2.45) is 5.92 Å². The van der Waals surface area contributed by atoms with Gasteiger partial charge in [-0.25, -0.2) is 9.66 Å². The molecule has 0 saturated carbocycles. The minimum absolute atomic E-state index is 0.140. The molecule has 0 unspecified atom stereocenters. The maximum absolute atomic E-state index is 6.13. The quantitative estimate of drug-likeness (QED) is 0.850. The van der Waals surface area contributed by atoms with E-state index >= 15 is 0 Å². The number of rotatable bonds is 3. The summed E-state index contributed by atoms with van der Waals surface area (Å²) >= 11 is 0. The van der Waals surface area contributed by atoms with E-state index in [1.54, 1.807) is 0 Å². The molecule has 21 heavy (non-hydrogen) atoms. The molecule has 1 aromatic heterocycles. The molecular formula is C17H26N4. The molecule has 0 bridgehead atoms. The van der Waals surface area contributed by atoms with Gasteiger partial charge in [0.15, 0.2) is 5.82 Å². The Balaban J connectivity index is 2.39. The van der Waals surface area contributed by atoms with E-state index in [9.17, 15) is 0 Å². The Bertz CT molecular complexity index is 615. The average Bonchev–Trinajstić information content (AvgIpc) is 2.67. The van der Waals surface area contributed by atoms with Crippen molar-refractivity contribution in [3.63, 3.8) is 0 Å². The van der Waals surface area contributed by atoms with Gasteiger partial charge in [-0.2, -0.15) is 0 Å². The summed E-state index contributed by atoms with van der Waals surface area (Å²) < 4.78 is 1.50. The largest absolute Gasteiger partial charge is 0.382 e. The van der Waals surface area contributed by atoms with Crippen LogP contribution in [0.2, 0.25) is 0 Å². The van der Waals surface area contributed by atoms with Gasteiger partial charge in [-0.3, -0.25) is 0 Å². The Morgan fingerprint density at radius 2 is 1.71 bits per heavy atom. The molecule has 114 valence electrons. The van der Waals surface area contributed by atoms with Crippen molar-refractivity contribution in [1.82, 2.24) is 9.66 Å². The molecule has 1 aromatic carbocycles. The summed E-state index contributed by atoms with van der Waals surface area (Å²) in [7, 11) is 0. The highest BCUT2D eigenvalue weighted by atomic mass is 15.4. The summed E-state index contributed by atoms with van der Waals surface area (Å²) in [6.07, 6.45) is 1.08. The number of hydrogen-bond acceptors (Lipinski definition) is 3. The molecule has 0 atom stereocenters. The number of benzene rings is 1. The summed E-state index contributed by atoms with van der Waals surface area (Å²) in [5, 5.41) is 0. The molecule has 0 radical (unpaired) electrons. The van der Waals surface area contributed by atoms with E-state index in [0.29, 0.717) is 11.7 Å². The van der Waals surface area contributed by atoms with Gasteiger partial charge in [0, 0.05) is 11.0 Å². The maximum Gasteiger partial charge on any atom is 0.150 e. The van der Waals surface area contributed by atoms with Crippen LogP contribution < -0.4 is 11.6 Å². The highest BCUT2D eigenvalue weighted by Crippen LogP contribution is 2.30. The summed E-state index contributed by atoms with van der Waals surface area (Å²) in [6.45, 7) is 10.7. The molecule has 2 rings (SSSR count). The number of aromatic nitrogens is 2. The van der Waals surface area contributed by atoms with Crippen LogP contribution in [0.3, 0.4) is 0 Å². The maximum atomic E-state index is 6.13. The lowest BCUT2D eigenvalue weighted by atomic mass is 9.96. The first kappa shape index (κ1) is 15.4. The van der Waals surface area contributed by atoms with Gasteiger partial charge in [0.05, 0.1) is 0 Å². The van der Waals surface area contributed by atoms with Crippen molar-refractivity contribution in [1.29, 1.82) is 0 Å². The first-order valence-corrected chi connectivity index (χ1v) is 7.43. The van der Waals surface area contributed by atoms with Crippen LogP contribution in [0, 0.1) is 5.92 Å². The molecule has 4 N–H and O–H groups in total. The van der Waals surface area contributed by atoms with E-state index in [1.165, 1.54) is 10.2 Å². The number of anilines is 1. The van der Waals surface area contributed by atoms with Gasteiger partial charge in [-0.15, -0.1) is 0 Å². The molecule has 0 aliphatic heterocycles. The van der Waals surface area contributed by atoms with E-state index in [-0.39, 0.29) is 5.41 Å². The molecule has 0 aliphatic carbocycles. The Labute approximate surface area is 127 Å². The summed E-state index contributed by atoms with van der Waals surface area (Å²) in [4.78, 5) is 4.65. The second-order valence-corrected chi connectivity index (χ2v) is 7.08. The third-order valence-electron chi connectivity index (χ3n) is 3.49. The van der Waals surface area contributed by atoms with Crippen molar-refractivity contribution >= 4 is 5.82 Å². The predicted octanol–water partition coefficient (Wildman–Crippen LogP) is 3.34. The minimum Gasteiger partial charge on any atom is -0.382 e. The van der Waals surface area contributed by atoms with Gasteiger partial charge in [0.2, 0.25) is 0 Å². The fourth-order valence-electron chi connectivity index (χ4n) is 2.46. The van der Waals surface area contributed by atoms with Crippen LogP contribution in [0.4, 0.5) is 5.82 Å². The molecule has 0 aliphatic rings. The number of imidazole rings is 1. The van der Waals surface area contributed by atoms with Gasteiger partial charge in [-0.05, 0) is 17.9 Å². The number of nitrogens with zero attached hydrogens (tertiary/aromatic N) is 2. The first-order chi connectivity index (χ1) is 9.70. The fraction of sp³-hybridized carbons (Fsp3) is 0.471. The fourth-order valence-corrected chi connectivity index (χ4v) is 2.46. The first-order valence-electron chi connectivity index (χ1n) is 7.43. The van der Waals surface area contributed by atoms with Crippen molar-refractivity contribution in [2.75, 3.05) is 11.6 Å². The zero-order chi connectivity index (χ0) is 15.8. The van der Waals surface area contributed by atoms with Crippen molar-refractivity contribution in [3.05, 3.63) is 35.7 Å². The lowest BCUT2D eigenvalue weighted by Crippen LogP contribution is -2.24. The molecule has 0 fully saturated rings. The highest BCUT2D eigenvalue weighted by Gasteiger charge is 2.24. The monoisotopic (exact) mass is 286 g/mol. The Kier molecular flexibility index (Phi) is 3.99. The SMILES string of the molecule is CC(C)Cc1ccc(-c2nc(C(C)(C)C)n(N)c2N)cc1. The molecule has 0 saturated heterocycles. The van der Waals surface area contributed by atoms with Gasteiger partial charge in [0.1, 0.15) is 11.5 Å².